The number of Topliss-reactive ketones (excluding diaryl/α,β-unsaturated/α-hetero) is 1. The maximum atomic E-state index is 14.4. The van der Waals surface area contributed by atoms with Crippen LogP contribution in [0.2, 0.25) is 18.1 Å². The molecule has 2 N–H and O–H groups in total. The standard InChI is InChI=1S/C39H59Cl6NO11SSi/c1-10-59(11-2,12-3)57-30(19-32(48)49)37(8,9)34(50)27(7)33(56-36(52)55-23-39(43,44)45)25(5)15-13-14-24(4)16-17-29(47)26(6)18-28-21-58-31(46-28)20-53-35(51)54-22-38(40,41)42/h16,18,21,25,27,29-30,33,47H,10-15,17,19-20,22-23H2,1-9H3,(H,48,49)/b24-16-,26-18+/t25-,27-,29-,30-,33-/m0/s1. The molecule has 1 aromatic heterocycles. The number of carboxylic acids is 1. The summed E-state index contributed by atoms with van der Waals surface area (Å²) >= 11 is 35.3. The number of carbonyl (C=O) groups excluding carboxylic acids is 3. The number of nitrogens with zero attached hydrogens (tertiary/aromatic N) is 1. The highest BCUT2D eigenvalue weighted by atomic mass is 35.6. The second kappa shape index (κ2) is 25.7. The number of aliphatic carboxylic acids is 1. The molecule has 0 aliphatic carbocycles. The van der Waals surface area contributed by atoms with Gasteiger partial charge in [0.15, 0.2) is 8.32 Å². The van der Waals surface area contributed by atoms with E-state index in [0.717, 1.165) is 23.7 Å². The summed E-state index contributed by atoms with van der Waals surface area (Å²) in [4.78, 5) is 55.4. The lowest BCUT2D eigenvalue weighted by Gasteiger charge is -2.42. The van der Waals surface area contributed by atoms with Crippen LogP contribution < -0.4 is 0 Å². The Bertz CT molecular complexity index is 1570. The second-order valence-electron chi connectivity index (χ2n) is 15.2. The number of ketones is 1. The molecule has 0 unspecified atom stereocenters. The number of aromatic nitrogens is 1. The van der Waals surface area contributed by atoms with Crippen LogP contribution in [0.25, 0.3) is 6.08 Å². The summed E-state index contributed by atoms with van der Waals surface area (Å²) in [7, 11) is -2.33. The number of ether oxygens (including phenoxy) is 4. The van der Waals surface area contributed by atoms with Crippen LogP contribution in [0.3, 0.4) is 0 Å². The Morgan fingerprint density at radius 1 is 0.915 bits per heavy atom. The van der Waals surface area contributed by atoms with Crippen molar-refractivity contribution in [3.8, 4) is 0 Å². The zero-order chi connectivity index (χ0) is 45.4. The van der Waals surface area contributed by atoms with Crippen molar-refractivity contribution in [1.82, 2.24) is 4.98 Å². The van der Waals surface area contributed by atoms with Crippen molar-refractivity contribution in [1.29, 1.82) is 0 Å². The topological polar surface area (TPSA) is 168 Å². The molecule has 1 aromatic rings. The highest BCUT2D eigenvalue weighted by Crippen LogP contribution is 2.38. The van der Waals surface area contributed by atoms with Gasteiger partial charge in [-0.1, -0.05) is 130 Å². The van der Waals surface area contributed by atoms with E-state index >= 15 is 0 Å². The molecule has 338 valence electrons. The lowest BCUT2D eigenvalue weighted by atomic mass is 9.73. The van der Waals surface area contributed by atoms with E-state index in [4.69, 9.17) is 93.0 Å². The molecule has 1 rings (SSSR count). The van der Waals surface area contributed by atoms with Crippen LogP contribution in [-0.4, -0.2) is 86.7 Å². The van der Waals surface area contributed by atoms with E-state index in [-0.39, 0.29) is 24.7 Å². The molecule has 5 atom stereocenters. The molecule has 0 aliphatic rings. The van der Waals surface area contributed by atoms with E-state index in [2.05, 4.69) is 4.98 Å². The first kappa shape index (κ1) is 55.7. The Kier molecular flexibility index (Phi) is 24.3. The zero-order valence-corrected chi connectivity index (χ0v) is 41.4. The van der Waals surface area contributed by atoms with E-state index in [1.54, 1.807) is 39.2 Å². The summed E-state index contributed by atoms with van der Waals surface area (Å²) in [6.07, 6.45) is 0.786. The minimum atomic E-state index is -2.33. The molecule has 20 heteroatoms. The first-order chi connectivity index (χ1) is 27.2. The molecule has 12 nitrogen and oxygen atoms in total. The van der Waals surface area contributed by atoms with Crippen molar-refractivity contribution in [2.24, 2.45) is 17.3 Å². The van der Waals surface area contributed by atoms with Crippen LogP contribution in [0.5, 0.6) is 0 Å². The molecule has 0 fully saturated rings. The number of allylic oxidation sites excluding steroid dienone is 1. The molecule has 0 bridgehead atoms. The van der Waals surface area contributed by atoms with Crippen LogP contribution in [0.4, 0.5) is 9.59 Å². The largest absolute Gasteiger partial charge is 0.508 e. The highest BCUT2D eigenvalue weighted by Gasteiger charge is 2.47. The summed E-state index contributed by atoms with van der Waals surface area (Å²) in [5.74, 6) is -2.61. The SMILES string of the molecule is CC[Si](CC)(CC)O[C@@H](CC(=O)O)C(C)(C)C(=O)[C@@H](C)[C@@H](OC(=O)OCC(Cl)(Cl)Cl)[C@@H](C)CCC/C(C)=C\C[C@H](O)/C(C)=C/c1csc(COC(=O)OCC(Cl)(Cl)Cl)n1. The molecule has 0 aliphatic heterocycles. The summed E-state index contributed by atoms with van der Waals surface area (Å²) in [6.45, 7) is 15.6. The van der Waals surface area contributed by atoms with E-state index in [1.807, 2.05) is 40.7 Å². The first-order valence-electron chi connectivity index (χ1n) is 19.4. The van der Waals surface area contributed by atoms with Gasteiger partial charge in [0.25, 0.3) is 0 Å². The molecule has 0 amide bonds. The summed E-state index contributed by atoms with van der Waals surface area (Å²) in [5, 5.41) is 23.0. The normalized spacial score (nSPS) is 15.8. The van der Waals surface area contributed by atoms with Crippen LogP contribution in [-0.2, 0) is 39.6 Å². The van der Waals surface area contributed by atoms with E-state index in [9.17, 15) is 29.4 Å². The summed E-state index contributed by atoms with van der Waals surface area (Å²) in [5.41, 5.74) is 1.04. The van der Waals surface area contributed by atoms with Gasteiger partial charge in [-0.3, -0.25) is 9.59 Å². The predicted octanol–water partition coefficient (Wildman–Crippen LogP) is 12.1. The first-order valence-corrected chi connectivity index (χ1v) is 25.0. The highest BCUT2D eigenvalue weighted by molar-refractivity contribution is 7.09. The van der Waals surface area contributed by atoms with Gasteiger partial charge in [-0.2, -0.15) is 0 Å². The van der Waals surface area contributed by atoms with Gasteiger partial charge in [0, 0.05) is 10.8 Å². The molecule has 0 saturated heterocycles. The molecule has 0 spiro atoms. The second-order valence-corrected chi connectivity index (χ2v) is 25.9. The number of thiazole rings is 1. The van der Waals surface area contributed by atoms with Gasteiger partial charge in [0.05, 0.1) is 30.2 Å². The van der Waals surface area contributed by atoms with Gasteiger partial charge in [0.1, 0.15) is 36.7 Å². The predicted molar refractivity (Wildman–Crippen MR) is 238 cm³/mol. The third-order valence-electron chi connectivity index (χ3n) is 10.2. The van der Waals surface area contributed by atoms with Crippen molar-refractivity contribution in [2.45, 2.75) is 145 Å². The van der Waals surface area contributed by atoms with Crippen molar-refractivity contribution in [2.75, 3.05) is 13.2 Å². The third kappa shape index (κ3) is 21.1. The van der Waals surface area contributed by atoms with Crippen LogP contribution in [0.1, 0.15) is 105 Å². The van der Waals surface area contributed by atoms with Crippen LogP contribution >= 0.6 is 80.9 Å². The van der Waals surface area contributed by atoms with Gasteiger partial charge in [-0.25, -0.2) is 14.6 Å². The van der Waals surface area contributed by atoms with E-state index < -0.39 is 77.0 Å². The summed E-state index contributed by atoms with van der Waals surface area (Å²) in [6, 6.07) is 2.31. The van der Waals surface area contributed by atoms with E-state index in [1.165, 1.54) is 11.3 Å². The number of hydrogen-bond acceptors (Lipinski definition) is 12. The van der Waals surface area contributed by atoms with Crippen molar-refractivity contribution in [3.63, 3.8) is 0 Å². The molecular weight excluding hydrogens is 931 g/mol. The Morgan fingerprint density at radius 3 is 2.00 bits per heavy atom. The number of hydrogen-bond donors (Lipinski definition) is 2. The molecule has 0 saturated carbocycles. The maximum Gasteiger partial charge on any atom is 0.508 e. The summed E-state index contributed by atoms with van der Waals surface area (Å²) < 4.78 is 23.6. The lowest BCUT2D eigenvalue weighted by molar-refractivity contribution is -0.147. The number of carboxylic acid groups (broad SMARTS) is 1. The number of rotatable bonds is 25. The van der Waals surface area contributed by atoms with Crippen molar-refractivity contribution < 1.29 is 52.8 Å². The van der Waals surface area contributed by atoms with Crippen LogP contribution in [0.15, 0.2) is 22.6 Å². The van der Waals surface area contributed by atoms with Crippen LogP contribution in [0, 0.1) is 17.3 Å². The Labute approximate surface area is 383 Å². The van der Waals surface area contributed by atoms with Crippen molar-refractivity contribution in [3.05, 3.63) is 33.3 Å². The van der Waals surface area contributed by atoms with Gasteiger partial charge in [-0.15, -0.1) is 11.3 Å². The Balaban J connectivity index is 3.04. The molecule has 0 radical (unpaired) electrons. The van der Waals surface area contributed by atoms with Gasteiger partial charge >= 0.3 is 18.3 Å². The van der Waals surface area contributed by atoms with E-state index in [0.29, 0.717) is 42.0 Å². The average Bonchev–Trinajstić information content (AvgIpc) is 3.60. The fourth-order valence-corrected chi connectivity index (χ4v) is 10.3. The quantitative estimate of drug-likeness (QED) is 0.0412. The third-order valence-corrected chi connectivity index (χ3v) is 16.4. The minimum absolute atomic E-state index is 0.137. The molecule has 59 heavy (non-hydrogen) atoms. The maximum absolute atomic E-state index is 14.4. The van der Waals surface area contributed by atoms with Gasteiger partial charge in [-0.05, 0) is 75.2 Å². The number of aliphatic hydroxyl groups excluding tert-OH is 1. The molecular formula is C39H59Cl6NO11SSi. The monoisotopic (exact) mass is 987 g/mol. The zero-order valence-electron chi connectivity index (χ0n) is 35.1. The number of aliphatic hydroxyl groups is 1. The molecule has 1 heterocycles. The number of halogens is 6. The molecule has 0 aromatic carbocycles. The smallest absolute Gasteiger partial charge is 0.481 e. The fourth-order valence-electron chi connectivity index (χ4n) is 6.35. The van der Waals surface area contributed by atoms with Crippen molar-refractivity contribution >= 4 is 119 Å². The Morgan fingerprint density at radius 2 is 1.47 bits per heavy atom. The fraction of sp³-hybridized carbons (Fsp3) is 0.718. The lowest BCUT2D eigenvalue weighted by Crippen LogP contribution is -2.51. The average molecular weight is 991 g/mol. The minimum Gasteiger partial charge on any atom is -0.481 e. The number of alkyl halides is 6. The Hall–Kier alpha value is -1.33. The van der Waals surface area contributed by atoms with Gasteiger partial charge < -0.3 is 33.6 Å². The van der Waals surface area contributed by atoms with Gasteiger partial charge in [0.2, 0.25) is 7.59 Å². The number of carbonyl (C=O) groups is 4.